The van der Waals surface area contributed by atoms with Crippen LogP contribution in [-0.2, 0) is 0 Å². The molecule has 1 aliphatic rings. The lowest BCUT2D eigenvalue weighted by Crippen LogP contribution is -2.44. The summed E-state index contributed by atoms with van der Waals surface area (Å²) in [5, 5.41) is 19.4. The fourth-order valence-electron chi connectivity index (χ4n) is 3.50. The van der Waals surface area contributed by atoms with Crippen LogP contribution in [-0.4, -0.2) is 35.2 Å². The first-order chi connectivity index (χ1) is 14.1. The molecule has 1 amide bonds. The lowest BCUT2D eigenvalue weighted by atomic mass is 10.0. The number of carbonyl (C=O) groups is 1. The van der Waals surface area contributed by atoms with Crippen molar-refractivity contribution >= 4 is 11.7 Å². The number of aromatic nitrogens is 2. The summed E-state index contributed by atoms with van der Waals surface area (Å²) in [5.74, 6) is 0.423. The second-order valence-electron chi connectivity index (χ2n) is 7.07. The molecular formula is C22H20FN5O. The topological polar surface area (TPSA) is 84.8 Å². The number of H-pyrrole nitrogens is 1. The molecule has 0 unspecified atom stereocenters. The summed E-state index contributed by atoms with van der Waals surface area (Å²) in [6.45, 7) is 1.55. The van der Waals surface area contributed by atoms with Gasteiger partial charge in [-0.2, -0.15) is 10.4 Å². The minimum Gasteiger partial charge on any atom is -0.355 e. The number of hydrogen-bond donors (Lipinski definition) is 2. The Bertz CT molecular complexity index is 1050. The third-order valence-corrected chi connectivity index (χ3v) is 5.13. The molecule has 0 bridgehead atoms. The van der Waals surface area contributed by atoms with Gasteiger partial charge in [0.2, 0.25) is 0 Å². The SMILES string of the molecule is N#Cc1cccc(C(=O)NC2CCN(c3cc(-c4ccc(F)cc4)[nH]n3)CC2)c1. The number of nitriles is 1. The van der Waals surface area contributed by atoms with Crippen LogP contribution < -0.4 is 10.2 Å². The average molecular weight is 389 g/mol. The van der Waals surface area contributed by atoms with Gasteiger partial charge in [0.1, 0.15) is 5.82 Å². The van der Waals surface area contributed by atoms with E-state index in [4.69, 9.17) is 5.26 Å². The molecule has 7 heteroatoms. The third kappa shape index (κ3) is 4.27. The molecule has 1 saturated heterocycles. The molecule has 0 spiro atoms. The maximum Gasteiger partial charge on any atom is 0.251 e. The lowest BCUT2D eigenvalue weighted by Gasteiger charge is -2.32. The quantitative estimate of drug-likeness (QED) is 0.715. The van der Waals surface area contributed by atoms with Crippen LogP contribution in [0.25, 0.3) is 11.3 Å². The summed E-state index contributed by atoms with van der Waals surface area (Å²) in [6.07, 6.45) is 1.62. The first-order valence-electron chi connectivity index (χ1n) is 9.50. The van der Waals surface area contributed by atoms with E-state index in [1.54, 1.807) is 36.4 Å². The average Bonchev–Trinajstić information content (AvgIpc) is 3.25. The molecule has 4 rings (SSSR count). The highest BCUT2D eigenvalue weighted by Gasteiger charge is 2.23. The molecule has 2 heterocycles. The molecule has 1 fully saturated rings. The van der Waals surface area contributed by atoms with Crippen molar-refractivity contribution in [3.63, 3.8) is 0 Å². The van der Waals surface area contributed by atoms with E-state index in [1.165, 1.54) is 12.1 Å². The number of benzene rings is 2. The fraction of sp³-hybridized carbons (Fsp3) is 0.227. The van der Waals surface area contributed by atoms with Crippen molar-refractivity contribution in [3.8, 4) is 17.3 Å². The van der Waals surface area contributed by atoms with Crippen molar-refractivity contribution in [2.75, 3.05) is 18.0 Å². The number of hydrogen-bond acceptors (Lipinski definition) is 4. The van der Waals surface area contributed by atoms with Crippen molar-refractivity contribution in [3.05, 3.63) is 71.5 Å². The van der Waals surface area contributed by atoms with E-state index >= 15 is 0 Å². The Morgan fingerprint density at radius 3 is 2.66 bits per heavy atom. The molecule has 0 saturated carbocycles. The van der Waals surface area contributed by atoms with Gasteiger partial charge in [-0.25, -0.2) is 4.39 Å². The van der Waals surface area contributed by atoms with E-state index in [1.807, 2.05) is 6.07 Å². The second kappa shape index (κ2) is 8.15. The van der Waals surface area contributed by atoms with E-state index < -0.39 is 0 Å². The van der Waals surface area contributed by atoms with Crippen molar-refractivity contribution in [2.45, 2.75) is 18.9 Å². The first-order valence-corrected chi connectivity index (χ1v) is 9.50. The maximum atomic E-state index is 13.1. The van der Waals surface area contributed by atoms with Gasteiger partial charge in [0.25, 0.3) is 5.91 Å². The number of aromatic amines is 1. The largest absolute Gasteiger partial charge is 0.355 e. The molecule has 1 aliphatic heterocycles. The van der Waals surface area contributed by atoms with Crippen molar-refractivity contribution in [2.24, 2.45) is 0 Å². The van der Waals surface area contributed by atoms with Crippen LogP contribution in [0, 0.1) is 17.1 Å². The predicted octanol–water partition coefficient (Wildman–Crippen LogP) is 3.49. The summed E-state index contributed by atoms with van der Waals surface area (Å²) >= 11 is 0. The summed E-state index contributed by atoms with van der Waals surface area (Å²) in [7, 11) is 0. The van der Waals surface area contributed by atoms with Crippen LogP contribution in [0.2, 0.25) is 0 Å². The lowest BCUT2D eigenvalue weighted by molar-refractivity contribution is 0.0931. The van der Waals surface area contributed by atoms with Gasteiger partial charge < -0.3 is 10.2 Å². The van der Waals surface area contributed by atoms with E-state index in [2.05, 4.69) is 26.5 Å². The van der Waals surface area contributed by atoms with Gasteiger partial charge in [-0.15, -0.1) is 0 Å². The Kier molecular flexibility index (Phi) is 5.25. The summed E-state index contributed by atoms with van der Waals surface area (Å²) < 4.78 is 13.1. The maximum absolute atomic E-state index is 13.1. The molecular weight excluding hydrogens is 369 g/mol. The van der Waals surface area contributed by atoms with Crippen molar-refractivity contribution in [1.29, 1.82) is 5.26 Å². The predicted molar refractivity (Wildman–Crippen MR) is 108 cm³/mol. The monoisotopic (exact) mass is 389 g/mol. The Morgan fingerprint density at radius 1 is 1.17 bits per heavy atom. The molecule has 0 aliphatic carbocycles. The Morgan fingerprint density at radius 2 is 1.93 bits per heavy atom. The minimum atomic E-state index is -0.267. The number of nitrogens with zero attached hydrogens (tertiary/aromatic N) is 3. The second-order valence-corrected chi connectivity index (χ2v) is 7.07. The van der Waals surface area contributed by atoms with Gasteiger partial charge in [0, 0.05) is 30.8 Å². The Hall–Kier alpha value is -3.66. The number of nitrogens with one attached hydrogen (secondary N) is 2. The molecule has 3 aromatic rings. The smallest absolute Gasteiger partial charge is 0.251 e. The Labute approximate surface area is 168 Å². The molecule has 0 atom stereocenters. The number of anilines is 1. The fourth-order valence-corrected chi connectivity index (χ4v) is 3.50. The van der Waals surface area contributed by atoms with Crippen molar-refractivity contribution < 1.29 is 9.18 Å². The highest BCUT2D eigenvalue weighted by atomic mass is 19.1. The highest BCUT2D eigenvalue weighted by molar-refractivity contribution is 5.94. The first kappa shape index (κ1) is 18.7. The van der Waals surface area contributed by atoms with Gasteiger partial charge in [-0.3, -0.25) is 9.89 Å². The van der Waals surface area contributed by atoms with Gasteiger partial charge in [0.15, 0.2) is 5.82 Å². The highest BCUT2D eigenvalue weighted by Crippen LogP contribution is 2.24. The summed E-state index contributed by atoms with van der Waals surface area (Å²) in [5.41, 5.74) is 2.70. The minimum absolute atomic E-state index is 0.0833. The van der Waals surface area contributed by atoms with Gasteiger partial charge in [-0.05, 0) is 60.9 Å². The zero-order valence-electron chi connectivity index (χ0n) is 15.7. The number of halogens is 1. The molecule has 6 nitrogen and oxygen atoms in total. The number of carbonyl (C=O) groups excluding carboxylic acids is 1. The van der Waals surface area contributed by atoms with E-state index in [9.17, 15) is 9.18 Å². The van der Waals surface area contributed by atoms with E-state index in [0.29, 0.717) is 11.1 Å². The molecule has 2 aromatic carbocycles. The van der Waals surface area contributed by atoms with E-state index in [0.717, 1.165) is 43.0 Å². The molecule has 2 N–H and O–H groups in total. The summed E-state index contributed by atoms with van der Waals surface area (Å²) in [4.78, 5) is 14.6. The number of rotatable bonds is 4. The Balaban J connectivity index is 1.34. The van der Waals surface area contributed by atoms with Crippen LogP contribution in [0.5, 0.6) is 0 Å². The summed E-state index contributed by atoms with van der Waals surface area (Å²) in [6, 6.07) is 17.1. The molecule has 0 radical (unpaired) electrons. The number of piperidine rings is 1. The van der Waals surface area contributed by atoms with E-state index in [-0.39, 0.29) is 17.8 Å². The van der Waals surface area contributed by atoms with Gasteiger partial charge in [0.05, 0.1) is 17.3 Å². The normalized spacial score (nSPS) is 14.4. The zero-order valence-corrected chi connectivity index (χ0v) is 15.7. The molecule has 29 heavy (non-hydrogen) atoms. The van der Waals surface area contributed by atoms with Crippen LogP contribution in [0.1, 0.15) is 28.8 Å². The molecule has 146 valence electrons. The van der Waals surface area contributed by atoms with Gasteiger partial charge >= 0.3 is 0 Å². The third-order valence-electron chi connectivity index (χ3n) is 5.13. The van der Waals surface area contributed by atoms with Crippen LogP contribution in [0.3, 0.4) is 0 Å². The molecule has 1 aromatic heterocycles. The number of amides is 1. The zero-order chi connectivity index (χ0) is 20.2. The standard InChI is InChI=1S/C22H20FN5O/c23-18-6-4-16(5-7-18)20-13-21(27-26-20)28-10-8-19(9-11-28)25-22(29)17-3-1-2-15(12-17)14-24/h1-7,12-13,19H,8-11H2,(H,25,29)(H,26,27). The van der Waals surface area contributed by atoms with Crippen LogP contribution in [0.4, 0.5) is 10.2 Å². The van der Waals surface area contributed by atoms with Crippen LogP contribution in [0.15, 0.2) is 54.6 Å². The van der Waals surface area contributed by atoms with Crippen LogP contribution >= 0.6 is 0 Å². The van der Waals surface area contributed by atoms with Gasteiger partial charge in [-0.1, -0.05) is 6.07 Å². The van der Waals surface area contributed by atoms with Crippen molar-refractivity contribution in [1.82, 2.24) is 15.5 Å².